The van der Waals surface area contributed by atoms with Crippen LogP contribution in [-0.4, -0.2) is 30.8 Å². The van der Waals surface area contributed by atoms with E-state index in [1.165, 1.54) is 13.5 Å². The van der Waals surface area contributed by atoms with E-state index in [1.807, 2.05) is 0 Å². The van der Waals surface area contributed by atoms with Crippen LogP contribution in [0, 0.1) is 5.92 Å². The maximum atomic E-state index is 12.1. The molecule has 1 aliphatic carbocycles. The second-order valence-corrected chi connectivity index (χ2v) is 5.00. The maximum Gasteiger partial charge on any atom is 0.308 e. The number of rotatable bonds is 6. The number of hydrogen-bond donors (Lipinski definition) is 1. The van der Waals surface area contributed by atoms with Crippen LogP contribution in [0.5, 0.6) is 0 Å². The Kier molecular flexibility index (Phi) is 6.53. The van der Waals surface area contributed by atoms with Gasteiger partial charge in [0.1, 0.15) is 0 Å². The SMILES string of the molecule is CCC(=O)C(CC(=O)OC)NC(=O)C1CCCCC1. The monoisotopic (exact) mass is 269 g/mol. The molecule has 1 N–H and O–H groups in total. The molecule has 5 heteroatoms. The van der Waals surface area contributed by atoms with E-state index < -0.39 is 12.0 Å². The number of carbonyl (C=O) groups excluding carboxylic acids is 3. The molecule has 1 rings (SSSR count). The zero-order valence-electron chi connectivity index (χ0n) is 11.7. The highest BCUT2D eigenvalue weighted by Crippen LogP contribution is 2.23. The largest absolute Gasteiger partial charge is 0.469 e. The lowest BCUT2D eigenvalue weighted by atomic mass is 9.88. The van der Waals surface area contributed by atoms with Crippen molar-refractivity contribution in [2.45, 2.75) is 57.9 Å². The molecule has 0 aromatic heterocycles. The van der Waals surface area contributed by atoms with Crippen molar-refractivity contribution in [2.75, 3.05) is 7.11 Å². The van der Waals surface area contributed by atoms with E-state index in [0.29, 0.717) is 6.42 Å². The highest BCUT2D eigenvalue weighted by atomic mass is 16.5. The van der Waals surface area contributed by atoms with Gasteiger partial charge in [-0.1, -0.05) is 26.2 Å². The van der Waals surface area contributed by atoms with Crippen LogP contribution in [0.1, 0.15) is 51.9 Å². The summed E-state index contributed by atoms with van der Waals surface area (Å²) in [6.07, 6.45) is 5.24. The third-order valence-corrected chi connectivity index (χ3v) is 3.63. The molecule has 1 atom stereocenters. The molecule has 0 aromatic rings. The van der Waals surface area contributed by atoms with Gasteiger partial charge in [0.05, 0.1) is 19.6 Å². The molecule has 1 unspecified atom stereocenters. The minimum Gasteiger partial charge on any atom is -0.469 e. The van der Waals surface area contributed by atoms with E-state index in [-0.39, 0.29) is 24.0 Å². The standard InChI is InChI=1S/C14H23NO4/c1-3-12(16)11(9-13(17)19-2)15-14(18)10-7-5-4-6-8-10/h10-11H,3-9H2,1-2H3,(H,15,18). The van der Waals surface area contributed by atoms with Gasteiger partial charge in [-0.05, 0) is 12.8 Å². The first-order chi connectivity index (χ1) is 9.08. The highest BCUT2D eigenvalue weighted by Gasteiger charge is 2.27. The lowest BCUT2D eigenvalue weighted by Gasteiger charge is -2.23. The van der Waals surface area contributed by atoms with Crippen molar-refractivity contribution in [3.05, 3.63) is 0 Å². The Morgan fingerprint density at radius 3 is 2.37 bits per heavy atom. The summed E-state index contributed by atoms with van der Waals surface area (Å²) in [5.74, 6) is -0.723. The van der Waals surface area contributed by atoms with Crippen molar-refractivity contribution in [3.63, 3.8) is 0 Å². The van der Waals surface area contributed by atoms with Crippen LogP contribution >= 0.6 is 0 Å². The summed E-state index contributed by atoms with van der Waals surface area (Å²) in [6.45, 7) is 1.72. The molecule has 0 aliphatic heterocycles. The third kappa shape index (κ3) is 5.01. The summed E-state index contributed by atoms with van der Waals surface area (Å²) >= 11 is 0. The highest BCUT2D eigenvalue weighted by molar-refractivity contribution is 5.92. The van der Waals surface area contributed by atoms with Gasteiger partial charge >= 0.3 is 5.97 Å². The number of methoxy groups -OCH3 is 1. The Morgan fingerprint density at radius 1 is 1.21 bits per heavy atom. The Hall–Kier alpha value is -1.39. The van der Waals surface area contributed by atoms with Gasteiger partial charge in [-0.2, -0.15) is 0 Å². The average Bonchev–Trinajstić information content (AvgIpc) is 2.46. The van der Waals surface area contributed by atoms with Gasteiger partial charge in [0.25, 0.3) is 0 Å². The summed E-state index contributed by atoms with van der Waals surface area (Å²) in [5.41, 5.74) is 0. The van der Waals surface area contributed by atoms with Crippen molar-refractivity contribution in [1.82, 2.24) is 5.32 Å². The van der Waals surface area contributed by atoms with Crippen molar-refractivity contribution in [2.24, 2.45) is 5.92 Å². The van der Waals surface area contributed by atoms with Crippen molar-refractivity contribution >= 4 is 17.7 Å². The summed E-state index contributed by atoms with van der Waals surface area (Å²) in [7, 11) is 1.28. The Balaban J connectivity index is 2.57. The van der Waals surface area contributed by atoms with Gasteiger partial charge in [0.2, 0.25) is 5.91 Å². The fourth-order valence-electron chi connectivity index (χ4n) is 2.40. The van der Waals surface area contributed by atoms with Crippen molar-refractivity contribution in [1.29, 1.82) is 0 Å². The number of amides is 1. The minimum atomic E-state index is -0.744. The number of Topliss-reactive ketones (excluding diaryl/α,β-unsaturated/α-hetero) is 1. The quantitative estimate of drug-likeness (QED) is 0.743. The zero-order chi connectivity index (χ0) is 14.3. The van der Waals surface area contributed by atoms with Crippen LogP contribution in [0.3, 0.4) is 0 Å². The summed E-state index contributed by atoms with van der Waals surface area (Å²) in [6, 6.07) is -0.744. The average molecular weight is 269 g/mol. The van der Waals surface area contributed by atoms with Gasteiger partial charge in [-0.25, -0.2) is 0 Å². The van der Waals surface area contributed by atoms with E-state index in [0.717, 1.165) is 25.7 Å². The fraction of sp³-hybridized carbons (Fsp3) is 0.786. The van der Waals surface area contributed by atoms with Crippen LogP contribution in [0.2, 0.25) is 0 Å². The van der Waals surface area contributed by atoms with Gasteiger partial charge in [-0.3, -0.25) is 14.4 Å². The minimum absolute atomic E-state index is 0.0152. The fourth-order valence-corrected chi connectivity index (χ4v) is 2.40. The summed E-state index contributed by atoms with van der Waals surface area (Å²) in [4.78, 5) is 35.1. The molecule has 0 bridgehead atoms. The predicted octanol–water partition coefficient (Wildman–Crippen LogP) is 1.59. The maximum absolute atomic E-state index is 12.1. The van der Waals surface area contributed by atoms with Gasteiger partial charge in [0, 0.05) is 12.3 Å². The summed E-state index contributed by atoms with van der Waals surface area (Å²) in [5, 5.41) is 2.71. The molecular weight excluding hydrogens is 246 g/mol. The van der Waals surface area contributed by atoms with Crippen LogP contribution < -0.4 is 5.32 Å². The van der Waals surface area contributed by atoms with Crippen LogP contribution in [-0.2, 0) is 19.1 Å². The predicted molar refractivity (Wildman–Crippen MR) is 70.4 cm³/mol. The van der Waals surface area contributed by atoms with E-state index in [9.17, 15) is 14.4 Å². The molecule has 0 spiro atoms. The van der Waals surface area contributed by atoms with Crippen molar-refractivity contribution < 1.29 is 19.1 Å². The number of hydrogen-bond acceptors (Lipinski definition) is 4. The second kappa shape index (κ2) is 7.92. The van der Waals surface area contributed by atoms with E-state index >= 15 is 0 Å². The lowest BCUT2D eigenvalue weighted by Crippen LogP contribution is -2.45. The Bertz CT molecular complexity index is 334. The first-order valence-corrected chi connectivity index (χ1v) is 6.98. The van der Waals surface area contributed by atoms with Crippen molar-refractivity contribution in [3.8, 4) is 0 Å². The van der Waals surface area contributed by atoms with Gasteiger partial charge < -0.3 is 10.1 Å². The third-order valence-electron chi connectivity index (χ3n) is 3.63. The first-order valence-electron chi connectivity index (χ1n) is 6.98. The number of esters is 1. The topological polar surface area (TPSA) is 72.5 Å². The number of carbonyl (C=O) groups is 3. The molecule has 0 saturated heterocycles. The first kappa shape index (κ1) is 15.7. The van der Waals surface area contributed by atoms with Crippen LogP contribution in [0.4, 0.5) is 0 Å². The Labute approximate surface area is 114 Å². The normalized spacial score (nSPS) is 17.6. The van der Waals surface area contributed by atoms with Crippen LogP contribution in [0.25, 0.3) is 0 Å². The lowest BCUT2D eigenvalue weighted by molar-refractivity contribution is -0.143. The molecule has 0 aromatic carbocycles. The molecule has 1 fully saturated rings. The summed E-state index contributed by atoms with van der Waals surface area (Å²) < 4.78 is 4.56. The molecule has 5 nitrogen and oxygen atoms in total. The number of ketones is 1. The number of nitrogens with one attached hydrogen (secondary N) is 1. The Morgan fingerprint density at radius 2 is 1.84 bits per heavy atom. The van der Waals surface area contributed by atoms with E-state index in [1.54, 1.807) is 6.92 Å². The zero-order valence-corrected chi connectivity index (χ0v) is 11.7. The molecule has 1 aliphatic rings. The molecule has 19 heavy (non-hydrogen) atoms. The van der Waals surface area contributed by atoms with Gasteiger partial charge in [-0.15, -0.1) is 0 Å². The van der Waals surface area contributed by atoms with Crippen LogP contribution in [0.15, 0.2) is 0 Å². The van der Waals surface area contributed by atoms with E-state index in [2.05, 4.69) is 10.1 Å². The second-order valence-electron chi connectivity index (χ2n) is 5.00. The molecule has 1 amide bonds. The van der Waals surface area contributed by atoms with E-state index in [4.69, 9.17) is 0 Å². The molecular formula is C14H23NO4. The molecule has 0 radical (unpaired) electrons. The smallest absolute Gasteiger partial charge is 0.308 e. The molecule has 0 heterocycles. The molecule has 108 valence electrons. The number of ether oxygens (including phenoxy) is 1. The molecule has 1 saturated carbocycles. The van der Waals surface area contributed by atoms with Gasteiger partial charge in [0.15, 0.2) is 5.78 Å².